The quantitative estimate of drug-likeness (QED) is 0.418. The fraction of sp³-hybridized carbons (Fsp3) is 0.320. The Labute approximate surface area is 207 Å². The number of ether oxygens (including phenoxy) is 1. The van der Waals surface area contributed by atoms with Gasteiger partial charge in [-0.05, 0) is 37.3 Å². The Morgan fingerprint density at radius 2 is 1.97 bits per heavy atom. The zero-order valence-corrected chi connectivity index (χ0v) is 20.4. The second-order valence-corrected chi connectivity index (χ2v) is 10.0. The van der Waals surface area contributed by atoms with E-state index in [2.05, 4.69) is 18.2 Å². The second kappa shape index (κ2) is 9.27. The van der Waals surface area contributed by atoms with Crippen LogP contribution >= 0.6 is 11.9 Å². The molecule has 10 heteroatoms. The molecule has 0 saturated heterocycles. The van der Waals surface area contributed by atoms with E-state index in [1.165, 1.54) is 12.1 Å². The first kappa shape index (κ1) is 24.6. The van der Waals surface area contributed by atoms with E-state index in [0.29, 0.717) is 27.9 Å². The smallest absolute Gasteiger partial charge is 0.255 e. The lowest BCUT2D eigenvalue weighted by Crippen LogP contribution is -2.44. The van der Waals surface area contributed by atoms with Crippen LogP contribution in [0.5, 0.6) is 11.5 Å². The van der Waals surface area contributed by atoms with Crippen LogP contribution in [0.1, 0.15) is 44.7 Å². The van der Waals surface area contributed by atoms with E-state index in [1.54, 1.807) is 12.1 Å². The van der Waals surface area contributed by atoms with Crippen molar-refractivity contribution in [3.8, 4) is 11.5 Å². The number of Topliss-reactive ketones (excluding diaryl/α,β-unsaturated/α-hetero) is 1. The van der Waals surface area contributed by atoms with Gasteiger partial charge in [-0.3, -0.25) is 14.8 Å². The number of amides is 1. The molecule has 0 radical (unpaired) electrons. The average molecular weight is 498 g/mol. The normalized spacial score (nSPS) is 19.4. The highest BCUT2D eigenvalue weighted by Crippen LogP contribution is 2.48. The number of hydrogen-bond acceptors (Lipinski definition) is 9. The van der Waals surface area contributed by atoms with Crippen LogP contribution in [0, 0.1) is 5.92 Å². The number of nitrogens with two attached hydrogens (primary N) is 1. The molecule has 5 N–H and O–H groups in total. The van der Waals surface area contributed by atoms with Crippen LogP contribution in [0.3, 0.4) is 0 Å². The number of fused-ring (bicyclic) bond motifs is 2. The molecular weight excluding hydrogens is 470 g/mol. The number of amidine groups is 1. The van der Waals surface area contributed by atoms with E-state index < -0.39 is 11.3 Å². The molecule has 1 atom stereocenters. The largest absolute Gasteiger partial charge is 0.506 e. The Morgan fingerprint density at radius 1 is 1.26 bits per heavy atom. The van der Waals surface area contributed by atoms with Gasteiger partial charge >= 0.3 is 0 Å². The highest BCUT2D eigenvalue weighted by Gasteiger charge is 2.47. The zero-order valence-electron chi connectivity index (χ0n) is 19.6. The first-order valence-corrected chi connectivity index (χ1v) is 11.9. The van der Waals surface area contributed by atoms with Crippen LogP contribution in [0.4, 0.5) is 5.69 Å². The summed E-state index contributed by atoms with van der Waals surface area (Å²) < 4.78 is 9.54. The number of benzene rings is 2. The molecule has 0 spiro atoms. The van der Waals surface area contributed by atoms with Crippen LogP contribution in [-0.4, -0.2) is 39.6 Å². The molecule has 4 rings (SSSR count). The highest BCUT2D eigenvalue weighted by molar-refractivity contribution is 7.98. The summed E-state index contributed by atoms with van der Waals surface area (Å²) >= 11 is 0.893. The van der Waals surface area contributed by atoms with E-state index in [9.17, 15) is 25.0 Å². The number of phenolic OH excluding ortho intramolecular Hbond substituents is 1. The number of rotatable bonds is 7. The number of aliphatic hydroxyl groups is 1. The lowest BCUT2D eigenvalue weighted by atomic mass is 9.66. The van der Waals surface area contributed by atoms with Gasteiger partial charge in [-0.1, -0.05) is 38.1 Å². The summed E-state index contributed by atoms with van der Waals surface area (Å²) in [6.07, 6.45) is 1.33. The minimum Gasteiger partial charge on any atom is -0.506 e. The molecule has 0 fully saturated rings. The minimum atomic E-state index is -0.939. The van der Waals surface area contributed by atoms with Gasteiger partial charge in [-0.25, -0.2) is 0 Å². The number of anilines is 1. The van der Waals surface area contributed by atoms with E-state index in [4.69, 9.17) is 10.5 Å². The lowest BCUT2D eigenvalue weighted by molar-refractivity contribution is -0.121. The monoisotopic (exact) mass is 497 g/mol. The second-order valence-electron chi connectivity index (χ2n) is 9.23. The van der Waals surface area contributed by atoms with Crippen LogP contribution in [-0.2, 0) is 15.0 Å². The van der Waals surface area contributed by atoms with Crippen molar-refractivity contribution in [1.82, 2.24) is 0 Å². The Balaban J connectivity index is 1.78. The van der Waals surface area contributed by atoms with Crippen LogP contribution in [0.25, 0.3) is 5.76 Å². The fourth-order valence-corrected chi connectivity index (χ4v) is 5.12. The van der Waals surface area contributed by atoms with Gasteiger partial charge in [-0.2, -0.15) is 9.46 Å². The predicted molar refractivity (Wildman–Crippen MR) is 133 cm³/mol. The van der Waals surface area contributed by atoms with Gasteiger partial charge in [0.15, 0.2) is 18.2 Å². The SMILES string of the molecule is CC(C)CC[C@@]1(C)C(=O)C(C2=NSc3cc(OCC(N)=O)cc(O)c3N2O)=C(O)c2ccccc21. The van der Waals surface area contributed by atoms with Crippen molar-refractivity contribution in [2.45, 2.75) is 43.9 Å². The molecule has 0 saturated carbocycles. The van der Waals surface area contributed by atoms with Gasteiger partial charge in [0.2, 0.25) is 0 Å². The molecule has 1 aliphatic carbocycles. The number of ketones is 1. The molecular formula is C25H27N3O6S. The molecule has 2 aromatic rings. The van der Waals surface area contributed by atoms with Crippen LogP contribution < -0.4 is 15.5 Å². The van der Waals surface area contributed by atoms with Gasteiger partial charge in [0, 0.05) is 23.6 Å². The van der Waals surface area contributed by atoms with Gasteiger partial charge in [0.1, 0.15) is 28.5 Å². The molecule has 1 heterocycles. The molecule has 35 heavy (non-hydrogen) atoms. The summed E-state index contributed by atoms with van der Waals surface area (Å²) in [6.45, 7) is 5.61. The number of carbonyl (C=O) groups is 2. The number of aliphatic hydroxyl groups excluding tert-OH is 1. The molecule has 0 unspecified atom stereocenters. The van der Waals surface area contributed by atoms with Gasteiger partial charge in [-0.15, -0.1) is 0 Å². The summed E-state index contributed by atoms with van der Waals surface area (Å²) in [5, 5.41) is 33.4. The molecule has 2 aliphatic rings. The first-order chi connectivity index (χ1) is 16.5. The summed E-state index contributed by atoms with van der Waals surface area (Å²) in [7, 11) is 0. The van der Waals surface area contributed by atoms with Crippen LogP contribution in [0.15, 0.2) is 51.3 Å². The molecule has 0 aromatic heterocycles. The number of carbonyl (C=O) groups excluding carboxylic acids is 2. The molecule has 9 nitrogen and oxygen atoms in total. The minimum absolute atomic E-state index is 0.0257. The Morgan fingerprint density at radius 3 is 2.66 bits per heavy atom. The Hall–Kier alpha value is -3.50. The molecule has 0 bridgehead atoms. The predicted octanol–water partition coefficient (Wildman–Crippen LogP) is 4.12. The van der Waals surface area contributed by atoms with E-state index >= 15 is 0 Å². The van der Waals surface area contributed by atoms with Crippen molar-refractivity contribution in [1.29, 1.82) is 0 Å². The molecule has 1 amide bonds. The van der Waals surface area contributed by atoms with Crippen molar-refractivity contribution >= 4 is 40.9 Å². The molecule has 1 aliphatic heterocycles. The summed E-state index contributed by atoms with van der Waals surface area (Å²) in [5.74, 6) is -1.36. The zero-order chi connectivity index (χ0) is 25.5. The van der Waals surface area contributed by atoms with Crippen molar-refractivity contribution in [2.75, 3.05) is 11.7 Å². The van der Waals surface area contributed by atoms with Gasteiger partial charge < -0.3 is 20.7 Å². The van der Waals surface area contributed by atoms with E-state index in [1.807, 2.05) is 19.1 Å². The third kappa shape index (κ3) is 4.35. The maximum atomic E-state index is 13.9. The van der Waals surface area contributed by atoms with Crippen molar-refractivity contribution < 1.29 is 29.7 Å². The maximum Gasteiger partial charge on any atom is 0.255 e. The maximum absolute atomic E-state index is 13.9. The summed E-state index contributed by atoms with van der Waals surface area (Å²) in [4.78, 5) is 25.2. The number of hydroxylamine groups is 1. The standard InChI is InChI=1S/C25H27N3O6S/c1-13(2)8-9-25(3)16-7-5-4-6-15(16)22(31)20(23(25)32)24-27-35-18-11-14(34-12-19(26)30)10-17(29)21(18)28(24)33/h4-7,10-11,13,29,31,33H,8-9,12H2,1-3H3,(H2,26,30)/t25-/m1/s1. The van der Waals surface area contributed by atoms with Crippen molar-refractivity contribution in [2.24, 2.45) is 16.0 Å². The van der Waals surface area contributed by atoms with Crippen molar-refractivity contribution in [3.63, 3.8) is 0 Å². The van der Waals surface area contributed by atoms with Crippen molar-refractivity contribution in [3.05, 3.63) is 53.1 Å². The Bertz CT molecular complexity index is 1270. The number of nitrogens with zero attached hydrogens (tertiary/aromatic N) is 2. The van der Waals surface area contributed by atoms with E-state index in [0.717, 1.165) is 23.9 Å². The van der Waals surface area contributed by atoms with Gasteiger partial charge in [0.25, 0.3) is 5.91 Å². The van der Waals surface area contributed by atoms with E-state index in [-0.39, 0.29) is 46.7 Å². The molecule has 2 aromatic carbocycles. The number of hydrogen-bond donors (Lipinski definition) is 4. The summed E-state index contributed by atoms with van der Waals surface area (Å²) in [6, 6.07) is 9.86. The highest BCUT2D eigenvalue weighted by atomic mass is 32.2. The summed E-state index contributed by atoms with van der Waals surface area (Å²) in [5.41, 5.74) is 5.23. The third-order valence-electron chi connectivity index (χ3n) is 6.24. The van der Waals surface area contributed by atoms with Gasteiger partial charge in [0.05, 0.1) is 10.3 Å². The molecule has 184 valence electrons. The number of phenols is 1. The van der Waals surface area contributed by atoms with Crippen LogP contribution in [0.2, 0.25) is 0 Å². The Kier molecular flexibility index (Phi) is 6.52. The number of primary amides is 1. The lowest BCUT2D eigenvalue weighted by Gasteiger charge is -2.37. The number of aromatic hydroxyl groups is 1. The third-order valence-corrected chi connectivity index (χ3v) is 7.01. The first-order valence-electron chi connectivity index (χ1n) is 11.1. The average Bonchev–Trinajstić information content (AvgIpc) is 2.81. The fourth-order valence-electron chi connectivity index (χ4n) is 4.32. The topological polar surface area (TPSA) is 146 Å².